The zero-order chi connectivity index (χ0) is 17.0. The van der Waals surface area contributed by atoms with E-state index < -0.39 is 0 Å². The number of amidine groups is 1. The summed E-state index contributed by atoms with van der Waals surface area (Å²) in [5.41, 5.74) is 4.47. The highest BCUT2D eigenvalue weighted by Crippen LogP contribution is 2.37. The number of nitrogens with one attached hydrogen (secondary N) is 3. The molecule has 0 aliphatic carbocycles. The number of hydrogen-bond donors (Lipinski definition) is 3. The van der Waals surface area contributed by atoms with E-state index in [-0.39, 0.29) is 5.54 Å². The lowest BCUT2D eigenvalue weighted by molar-refractivity contribution is 0.419. The lowest BCUT2D eigenvalue weighted by Gasteiger charge is -2.44. The standard InChI is InChI=1S/C20H26N4/c1-4-7-16(5-2)14-22-19-20(10-12-21-13-11-20)24-17-9-6-8-15(3)18(17)23-19/h4-9,21,24H,1-2,10-14H2,3H3,(H,22,23)/b16-7+. The maximum Gasteiger partial charge on any atom is 0.127 e. The third-order valence-electron chi connectivity index (χ3n) is 4.81. The van der Waals surface area contributed by atoms with Crippen molar-refractivity contribution in [2.75, 3.05) is 30.3 Å². The van der Waals surface area contributed by atoms with Crippen LogP contribution in [0.1, 0.15) is 18.4 Å². The van der Waals surface area contributed by atoms with Gasteiger partial charge in [0.05, 0.1) is 23.5 Å². The monoisotopic (exact) mass is 322 g/mol. The van der Waals surface area contributed by atoms with Crippen molar-refractivity contribution in [2.24, 2.45) is 4.99 Å². The minimum Gasteiger partial charge on any atom is -0.371 e. The largest absolute Gasteiger partial charge is 0.371 e. The Balaban J connectivity index is 1.97. The molecule has 2 aliphatic heterocycles. The molecule has 24 heavy (non-hydrogen) atoms. The first-order valence-electron chi connectivity index (χ1n) is 8.53. The molecule has 2 aliphatic rings. The molecule has 0 amide bonds. The van der Waals surface area contributed by atoms with Crippen molar-refractivity contribution in [3.05, 3.63) is 60.7 Å². The second-order valence-electron chi connectivity index (χ2n) is 6.43. The topological polar surface area (TPSA) is 48.5 Å². The molecule has 0 aromatic heterocycles. The van der Waals surface area contributed by atoms with E-state index in [4.69, 9.17) is 4.99 Å². The Hall–Kier alpha value is -2.33. The number of fused-ring (bicyclic) bond motifs is 1. The highest BCUT2D eigenvalue weighted by atomic mass is 15.2. The van der Waals surface area contributed by atoms with E-state index in [2.05, 4.69) is 54.2 Å². The second-order valence-corrected chi connectivity index (χ2v) is 6.43. The van der Waals surface area contributed by atoms with Gasteiger partial charge >= 0.3 is 0 Å². The molecule has 1 fully saturated rings. The summed E-state index contributed by atoms with van der Waals surface area (Å²) in [4.78, 5) is 4.92. The zero-order valence-electron chi connectivity index (χ0n) is 14.4. The molecule has 126 valence electrons. The summed E-state index contributed by atoms with van der Waals surface area (Å²) in [6.07, 6.45) is 7.61. The van der Waals surface area contributed by atoms with Crippen molar-refractivity contribution >= 4 is 17.2 Å². The summed E-state index contributed by atoms with van der Waals surface area (Å²) in [7, 11) is 0. The first-order valence-corrected chi connectivity index (χ1v) is 8.53. The van der Waals surface area contributed by atoms with Gasteiger partial charge in [-0.1, -0.05) is 43.5 Å². The van der Waals surface area contributed by atoms with E-state index in [0.717, 1.165) is 43.0 Å². The lowest BCUT2D eigenvalue weighted by atomic mass is 9.84. The van der Waals surface area contributed by atoms with Gasteiger partial charge in [-0.3, -0.25) is 4.99 Å². The summed E-state index contributed by atoms with van der Waals surface area (Å²) >= 11 is 0. The molecule has 4 nitrogen and oxygen atoms in total. The van der Waals surface area contributed by atoms with Crippen molar-refractivity contribution in [1.82, 2.24) is 5.32 Å². The van der Waals surface area contributed by atoms with E-state index in [1.54, 1.807) is 6.08 Å². The van der Waals surface area contributed by atoms with E-state index in [1.807, 2.05) is 12.2 Å². The number of anilines is 2. The van der Waals surface area contributed by atoms with Crippen molar-refractivity contribution in [3.63, 3.8) is 0 Å². The minimum absolute atomic E-state index is 0.119. The number of rotatable bonds is 4. The highest BCUT2D eigenvalue weighted by molar-refractivity contribution is 6.10. The number of nitrogens with zero attached hydrogens (tertiary/aromatic N) is 1. The number of para-hydroxylation sites is 1. The van der Waals surface area contributed by atoms with E-state index in [9.17, 15) is 0 Å². The van der Waals surface area contributed by atoms with E-state index in [1.165, 1.54) is 11.3 Å². The Morgan fingerprint density at radius 1 is 1.29 bits per heavy atom. The quantitative estimate of drug-likeness (QED) is 0.742. The van der Waals surface area contributed by atoms with Gasteiger partial charge in [0.15, 0.2) is 0 Å². The van der Waals surface area contributed by atoms with Crippen LogP contribution in [0.25, 0.3) is 0 Å². The summed E-state index contributed by atoms with van der Waals surface area (Å²) in [6.45, 7) is 12.3. The number of allylic oxidation sites excluding steroid dienone is 2. The van der Waals surface area contributed by atoms with Crippen LogP contribution in [0.3, 0.4) is 0 Å². The van der Waals surface area contributed by atoms with Crippen LogP contribution in [0.5, 0.6) is 0 Å². The van der Waals surface area contributed by atoms with E-state index in [0.29, 0.717) is 6.54 Å². The van der Waals surface area contributed by atoms with Gasteiger partial charge in [-0.25, -0.2) is 0 Å². The van der Waals surface area contributed by atoms with Gasteiger partial charge in [0.2, 0.25) is 0 Å². The second kappa shape index (κ2) is 7.05. The van der Waals surface area contributed by atoms with Gasteiger partial charge in [-0.2, -0.15) is 0 Å². The number of aryl methyl sites for hydroxylation is 1. The molecule has 1 aromatic carbocycles. The van der Waals surface area contributed by atoms with Crippen LogP contribution in [0.2, 0.25) is 0 Å². The molecule has 0 unspecified atom stereocenters. The van der Waals surface area contributed by atoms with Crippen LogP contribution in [0, 0.1) is 6.92 Å². The number of benzene rings is 1. The molecule has 1 spiro atoms. The fourth-order valence-corrected chi connectivity index (χ4v) is 3.41. The average molecular weight is 322 g/mol. The zero-order valence-corrected chi connectivity index (χ0v) is 14.4. The van der Waals surface area contributed by atoms with Crippen molar-refractivity contribution in [2.45, 2.75) is 25.3 Å². The van der Waals surface area contributed by atoms with Gasteiger partial charge < -0.3 is 16.0 Å². The molecule has 3 N–H and O–H groups in total. The maximum atomic E-state index is 4.92. The third-order valence-corrected chi connectivity index (χ3v) is 4.81. The molecule has 0 saturated carbocycles. The van der Waals surface area contributed by atoms with Gasteiger partial charge in [0.25, 0.3) is 0 Å². The molecule has 1 saturated heterocycles. The molecule has 2 heterocycles. The smallest absolute Gasteiger partial charge is 0.127 e. The molecule has 0 atom stereocenters. The summed E-state index contributed by atoms with van der Waals surface area (Å²) < 4.78 is 0. The van der Waals surface area contributed by atoms with E-state index >= 15 is 0 Å². The molecule has 0 bridgehead atoms. The van der Waals surface area contributed by atoms with Crippen LogP contribution < -0.4 is 16.0 Å². The minimum atomic E-state index is -0.119. The van der Waals surface area contributed by atoms with Crippen molar-refractivity contribution in [3.8, 4) is 0 Å². The van der Waals surface area contributed by atoms with Gasteiger partial charge in [0, 0.05) is 0 Å². The normalized spacial score (nSPS) is 20.9. The van der Waals surface area contributed by atoms with Crippen LogP contribution >= 0.6 is 0 Å². The predicted molar refractivity (Wildman–Crippen MR) is 104 cm³/mol. The summed E-state index contributed by atoms with van der Waals surface area (Å²) in [5.74, 6) is 1.03. The van der Waals surface area contributed by atoms with Gasteiger partial charge in [-0.05, 0) is 50.1 Å². The molecule has 3 rings (SSSR count). The molecular formula is C20H26N4. The number of hydrogen-bond acceptors (Lipinski definition) is 3. The number of aliphatic imine (C=N–C) groups is 1. The Labute approximate surface area is 144 Å². The lowest BCUT2D eigenvalue weighted by Crippen LogP contribution is -2.58. The first kappa shape index (κ1) is 16.5. The number of piperidine rings is 1. The molecule has 0 radical (unpaired) electrons. The fraction of sp³-hybridized carbons (Fsp3) is 0.350. The van der Waals surface area contributed by atoms with Gasteiger partial charge in [-0.15, -0.1) is 0 Å². The Kier molecular flexibility index (Phi) is 4.86. The Morgan fingerprint density at radius 2 is 2.08 bits per heavy atom. The fourth-order valence-electron chi connectivity index (χ4n) is 3.41. The van der Waals surface area contributed by atoms with Gasteiger partial charge in [0.1, 0.15) is 5.84 Å². The SMILES string of the molecule is C=C/C=C(\C=C)CN=C1Nc2c(C)cccc2NC12CCNCC2. The molecular weight excluding hydrogens is 296 g/mol. The molecule has 1 aromatic rings. The van der Waals surface area contributed by atoms with Crippen molar-refractivity contribution in [1.29, 1.82) is 0 Å². The average Bonchev–Trinajstić information content (AvgIpc) is 2.60. The van der Waals surface area contributed by atoms with Crippen LogP contribution in [0.4, 0.5) is 11.4 Å². The summed E-state index contributed by atoms with van der Waals surface area (Å²) in [6, 6.07) is 6.36. The Bertz CT molecular complexity index is 694. The Morgan fingerprint density at radius 3 is 2.79 bits per heavy atom. The molecule has 4 heteroatoms. The maximum absolute atomic E-state index is 4.92. The highest BCUT2D eigenvalue weighted by Gasteiger charge is 2.41. The van der Waals surface area contributed by atoms with Crippen LogP contribution in [0.15, 0.2) is 60.2 Å². The predicted octanol–water partition coefficient (Wildman–Crippen LogP) is 3.65. The van der Waals surface area contributed by atoms with Crippen LogP contribution in [-0.4, -0.2) is 31.0 Å². The third kappa shape index (κ3) is 3.15. The first-order chi connectivity index (χ1) is 11.7. The summed E-state index contributed by atoms with van der Waals surface area (Å²) in [5, 5.41) is 10.8. The van der Waals surface area contributed by atoms with Crippen LogP contribution in [-0.2, 0) is 0 Å². The van der Waals surface area contributed by atoms with Crippen molar-refractivity contribution < 1.29 is 0 Å².